The molecule has 3 rings (SSSR count). The summed E-state index contributed by atoms with van der Waals surface area (Å²) in [4.78, 5) is 0. The number of aromatic hydroxyl groups is 1. The van der Waals surface area contributed by atoms with Crippen LogP contribution < -0.4 is 0 Å². The highest BCUT2D eigenvalue weighted by atomic mass is 16.3. The molecule has 5 heteroatoms. The molecule has 0 fully saturated rings. The van der Waals surface area contributed by atoms with E-state index in [2.05, 4.69) is 16.3 Å². The van der Waals surface area contributed by atoms with Gasteiger partial charge in [0.15, 0.2) is 11.6 Å². The number of benzene rings is 2. The van der Waals surface area contributed by atoms with E-state index in [1.165, 1.54) is 0 Å². The first-order valence-electron chi connectivity index (χ1n) is 7.88. The lowest BCUT2D eigenvalue weighted by molar-refractivity contribution is 0.467. The van der Waals surface area contributed by atoms with E-state index < -0.39 is 0 Å². The van der Waals surface area contributed by atoms with Crippen LogP contribution in [-0.2, 0) is 7.05 Å². The van der Waals surface area contributed by atoms with Gasteiger partial charge in [-0.25, -0.2) is 0 Å². The van der Waals surface area contributed by atoms with Gasteiger partial charge in [-0.15, -0.1) is 10.2 Å². The molecule has 0 saturated heterocycles. The minimum atomic E-state index is 0.278. The lowest BCUT2D eigenvalue weighted by Crippen LogP contribution is -1.98. The predicted molar refractivity (Wildman–Crippen MR) is 97.5 cm³/mol. The van der Waals surface area contributed by atoms with Crippen molar-refractivity contribution in [1.82, 2.24) is 14.8 Å². The summed E-state index contributed by atoms with van der Waals surface area (Å²) in [6.45, 7) is 3.67. The van der Waals surface area contributed by atoms with Crippen molar-refractivity contribution in [2.75, 3.05) is 0 Å². The van der Waals surface area contributed by atoms with Gasteiger partial charge >= 0.3 is 0 Å². The molecule has 0 unspecified atom stereocenters. The van der Waals surface area contributed by atoms with E-state index in [1.807, 2.05) is 67.9 Å². The molecule has 0 aliphatic heterocycles. The number of nitrogens with zero attached hydrogens (tertiary/aromatic N) is 4. The fourth-order valence-electron chi connectivity index (χ4n) is 2.79. The minimum Gasteiger partial charge on any atom is -0.507 e. The van der Waals surface area contributed by atoms with Gasteiger partial charge < -0.3 is 9.67 Å². The number of hydrogen-bond acceptors (Lipinski definition) is 4. The van der Waals surface area contributed by atoms with Crippen molar-refractivity contribution in [2.24, 2.45) is 7.05 Å². The molecule has 0 aliphatic rings. The SMILES string of the molecule is Cc1cc(C=C(C#N)c2nnc(-c3ccccc3)n2C)cc(C)c1O. The van der Waals surface area contributed by atoms with Crippen molar-refractivity contribution in [3.63, 3.8) is 0 Å². The fourth-order valence-corrected chi connectivity index (χ4v) is 2.79. The molecule has 3 aromatic rings. The Morgan fingerprint density at radius 2 is 1.76 bits per heavy atom. The largest absolute Gasteiger partial charge is 0.507 e. The molecular formula is C20H18N4O. The first-order valence-corrected chi connectivity index (χ1v) is 7.88. The molecule has 124 valence electrons. The lowest BCUT2D eigenvalue weighted by Gasteiger charge is -2.06. The molecule has 0 saturated carbocycles. The summed E-state index contributed by atoms with van der Waals surface area (Å²) >= 11 is 0. The second-order valence-corrected chi connectivity index (χ2v) is 5.95. The topological polar surface area (TPSA) is 74.7 Å². The predicted octanol–water partition coefficient (Wildman–Crippen LogP) is 3.87. The van der Waals surface area contributed by atoms with Crippen LogP contribution in [-0.4, -0.2) is 19.9 Å². The van der Waals surface area contributed by atoms with E-state index in [-0.39, 0.29) is 5.75 Å². The summed E-state index contributed by atoms with van der Waals surface area (Å²) in [5.74, 6) is 1.49. The van der Waals surface area contributed by atoms with Crippen LogP contribution in [0.25, 0.3) is 23.0 Å². The lowest BCUT2D eigenvalue weighted by atomic mass is 10.0. The molecule has 0 bridgehead atoms. The van der Waals surface area contributed by atoms with Crippen molar-refractivity contribution in [3.05, 3.63) is 65.0 Å². The second-order valence-electron chi connectivity index (χ2n) is 5.95. The molecule has 0 radical (unpaired) electrons. The van der Waals surface area contributed by atoms with Gasteiger partial charge in [-0.3, -0.25) is 0 Å². The van der Waals surface area contributed by atoms with Gasteiger partial charge in [-0.2, -0.15) is 5.26 Å². The fraction of sp³-hybridized carbons (Fsp3) is 0.150. The van der Waals surface area contributed by atoms with Crippen LogP contribution in [0.1, 0.15) is 22.5 Å². The molecule has 0 spiro atoms. The number of aryl methyl sites for hydroxylation is 2. The molecule has 1 N–H and O–H groups in total. The Morgan fingerprint density at radius 1 is 1.12 bits per heavy atom. The van der Waals surface area contributed by atoms with Crippen molar-refractivity contribution in [3.8, 4) is 23.2 Å². The van der Waals surface area contributed by atoms with Crippen LogP contribution in [0.5, 0.6) is 5.75 Å². The van der Waals surface area contributed by atoms with Crippen molar-refractivity contribution < 1.29 is 5.11 Å². The second kappa shape index (κ2) is 6.62. The first kappa shape index (κ1) is 16.5. The zero-order valence-corrected chi connectivity index (χ0v) is 14.4. The van der Waals surface area contributed by atoms with E-state index in [1.54, 1.807) is 6.08 Å². The molecule has 25 heavy (non-hydrogen) atoms. The summed E-state index contributed by atoms with van der Waals surface area (Å²) in [5, 5.41) is 27.9. The Bertz CT molecular complexity index is 971. The van der Waals surface area contributed by atoms with E-state index >= 15 is 0 Å². The Balaban J connectivity index is 2.06. The highest BCUT2D eigenvalue weighted by molar-refractivity contribution is 5.88. The molecule has 1 aromatic heterocycles. The molecule has 5 nitrogen and oxygen atoms in total. The minimum absolute atomic E-state index is 0.278. The third kappa shape index (κ3) is 3.15. The van der Waals surface area contributed by atoms with Gasteiger partial charge in [-0.05, 0) is 48.7 Å². The van der Waals surface area contributed by atoms with Crippen LogP contribution in [0.4, 0.5) is 0 Å². The Labute approximate surface area is 146 Å². The van der Waals surface area contributed by atoms with Crippen molar-refractivity contribution in [2.45, 2.75) is 13.8 Å². The molecular weight excluding hydrogens is 312 g/mol. The first-order chi connectivity index (χ1) is 12.0. The van der Waals surface area contributed by atoms with Gasteiger partial charge in [0.2, 0.25) is 0 Å². The Kier molecular flexibility index (Phi) is 4.36. The van der Waals surface area contributed by atoms with Crippen molar-refractivity contribution >= 4 is 11.6 Å². The summed E-state index contributed by atoms with van der Waals surface area (Å²) in [6.07, 6.45) is 1.76. The maximum atomic E-state index is 9.90. The van der Waals surface area contributed by atoms with E-state index in [9.17, 15) is 10.4 Å². The summed E-state index contributed by atoms with van der Waals surface area (Å²) in [7, 11) is 1.84. The Morgan fingerprint density at radius 3 is 2.36 bits per heavy atom. The molecule has 0 amide bonds. The molecule has 2 aromatic carbocycles. The van der Waals surface area contributed by atoms with Gasteiger partial charge in [-0.1, -0.05) is 30.3 Å². The number of rotatable bonds is 3. The number of phenols is 1. The number of aromatic nitrogens is 3. The van der Waals surface area contributed by atoms with Gasteiger partial charge in [0.1, 0.15) is 11.8 Å². The smallest absolute Gasteiger partial charge is 0.174 e. The highest BCUT2D eigenvalue weighted by Crippen LogP contribution is 2.26. The number of hydrogen-bond donors (Lipinski definition) is 1. The van der Waals surface area contributed by atoms with Gasteiger partial charge in [0.25, 0.3) is 0 Å². The number of phenolic OH excluding ortho intramolecular Hbond substituents is 1. The zero-order valence-electron chi connectivity index (χ0n) is 14.4. The summed E-state index contributed by atoms with van der Waals surface area (Å²) in [6, 6.07) is 15.6. The van der Waals surface area contributed by atoms with E-state index in [4.69, 9.17) is 0 Å². The summed E-state index contributed by atoms with van der Waals surface area (Å²) in [5.41, 5.74) is 3.74. The maximum Gasteiger partial charge on any atom is 0.174 e. The standard InChI is InChI=1S/C20H18N4O/c1-13-9-15(10-14(2)18(13)25)11-17(12-21)20-23-22-19(24(20)3)16-7-5-4-6-8-16/h4-11,25H,1-3H3. The average molecular weight is 330 g/mol. The number of nitriles is 1. The third-order valence-corrected chi connectivity index (χ3v) is 4.09. The van der Waals surface area contributed by atoms with Crippen LogP contribution in [0.3, 0.4) is 0 Å². The van der Waals surface area contributed by atoms with Gasteiger partial charge in [0.05, 0.1) is 5.57 Å². The van der Waals surface area contributed by atoms with Crippen LogP contribution in [0.15, 0.2) is 42.5 Å². The quantitative estimate of drug-likeness (QED) is 0.740. The van der Waals surface area contributed by atoms with Gasteiger partial charge in [0, 0.05) is 12.6 Å². The van der Waals surface area contributed by atoms with Crippen molar-refractivity contribution in [1.29, 1.82) is 5.26 Å². The Hall–Kier alpha value is -3.39. The van der Waals surface area contributed by atoms with Crippen LogP contribution >= 0.6 is 0 Å². The normalized spacial score (nSPS) is 11.4. The van der Waals surface area contributed by atoms with Crippen LogP contribution in [0.2, 0.25) is 0 Å². The zero-order chi connectivity index (χ0) is 18.0. The number of allylic oxidation sites excluding steroid dienone is 1. The van der Waals surface area contributed by atoms with E-state index in [0.717, 1.165) is 22.3 Å². The average Bonchev–Trinajstić information content (AvgIpc) is 2.99. The van der Waals surface area contributed by atoms with E-state index in [0.29, 0.717) is 17.2 Å². The third-order valence-electron chi connectivity index (χ3n) is 4.09. The highest BCUT2D eigenvalue weighted by Gasteiger charge is 2.14. The van der Waals surface area contributed by atoms with Crippen LogP contribution in [0, 0.1) is 25.2 Å². The molecule has 0 atom stereocenters. The monoisotopic (exact) mass is 330 g/mol. The summed E-state index contributed by atoms with van der Waals surface area (Å²) < 4.78 is 1.81. The molecule has 0 aliphatic carbocycles. The molecule has 1 heterocycles. The maximum absolute atomic E-state index is 9.90.